The van der Waals surface area contributed by atoms with Gasteiger partial charge in [-0.15, -0.1) is 5.10 Å². The molecule has 1 heterocycles. The number of thioether (sulfide) groups is 1. The van der Waals surface area contributed by atoms with Gasteiger partial charge in [-0.3, -0.25) is 4.79 Å². The highest BCUT2D eigenvalue weighted by molar-refractivity contribution is 9.10. The molecule has 0 radical (unpaired) electrons. The van der Waals surface area contributed by atoms with Crippen LogP contribution in [0.1, 0.15) is 5.56 Å². The van der Waals surface area contributed by atoms with E-state index in [1.54, 1.807) is 6.07 Å². The summed E-state index contributed by atoms with van der Waals surface area (Å²) in [5.74, 6) is 0.668. The van der Waals surface area contributed by atoms with Crippen LogP contribution in [-0.2, 0) is 4.79 Å². The van der Waals surface area contributed by atoms with Gasteiger partial charge in [0.25, 0.3) is 0 Å². The van der Waals surface area contributed by atoms with E-state index in [1.807, 2.05) is 0 Å². The molecule has 19 heavy (non-hydrogen) atoms. The van der Waals surface area contributed by atoms with Gasteiger partial charge >= 0.3 is 0 Å². The van der Waals surface area contributed by atoms with Crippen LogP contribution in [0.4, 0.5) is 0 Å². The summed E-state index contributed by atoms with van der Waals surface area (Å²) >= 11 is 4.63. The SMILES string of the molecule is COc1cc(Br)c(C=NN=C2NC(=O)CS2)cc1O. The van der Waals surface area contributed by atoms with Crippen molar-refractivity contribution in [3.8, 4) is 11.5 Å². The molecular weight excluding hydrogens is 334 g/mol. The maximum absolute atomic E-state index is 10.9. The monoisotopic (exact) mass is 343 g/mol. The fraction of sp³-hybridized carbons (Fsp3) is 0.182. The van der Waals surface area contributed by atoms with Gasteiger partial charge in [0.05, 0.1) is 19.1 Å². The Hall–Kier alpha value is -1.54. The van der Waals surface area contributed by atoms with Crippen LogP contribution in [0.5, 0.6) is 11.5 Å². The van der Waals surface area contributed by atoms with Crippen LogP contribution in [0.15, 0.2) is 26.8 Å². The molecule has 6 nitrogen and oxygen atoms in total. The number of methoxy groups -OCH3 is 1. The fourth-order valence-corrected chi connectivity index (χ4v) is 2.40. The van der Waals surface area contributed by atoms with E-state index >= 15 is 0 Å². The molecule has 1 aliphatic rings. The first-order valence-electron chi connectivity index (χ1n) is 5.20. The van der Waals surface area contributed by atoms with Gasteiger partial charge in [0, 0.05) is 10.0 Å². The summed E-state index contributed by atoms with van der Waals surface area (Å²) in [4.78, 5) is 10.9. The van der Waals surface area contributed by atoms with Gasteiger partial charge < -0.3 is 15.2 Å². The van der Waals surface area contributed by atoms with Crippen molar-refractivity contribution in [2.24, 2.45) is 10.2 Å². The number of rotatable bonds is 3. The average molecular weight is 344 g/mol. The molecule has 100 valence electrons. The number of amides is 1. The van der Waals surface area contributed by atoms with Crippen LogP contribution in [0.25, 0.3) is 0 Å². The molecule has 0 aliphatic carbocycles. The minimum atomic E-state index is -0.0813. The number of hydrogen-bond donors (Lipinski definition) is 2. The number of phenolic OH excluding ortho intramolecular Hbond substituents is 1. The van der Waals surface area contributed by atoms with Crippen molar-refractivity contribution >= 4 is 45.0 Å². The molecule has 0 bridgehead atoms. The maximum atomic E-state index is 10.9. The predicted octanol–water partition coefficient (Wildman–Crippen LogP) is 1.72. The van der Waals surface area contributed by atoms with Crippen LogP contribution in [0.2, 0.25) is 0 Å². The van der Waals surface area contributed by atoms with E-state index in [-0.39, 0.29) is 11.7 Å². The van der Waals surface area contributed by atoms with Crippen LogP contribution in [0, 0.1) is 0 Å². The summed E-state index contributed by atoms with van der Waals surface area (Å²) in [7, 11) is 1.47. The van der Waals surface area contributed by atoms with E-state index in [0.717, 1.165) is 0 Å². The molecule has 2 rings (SSSR count). The highest BCUT2D eigenvalue weighted by atomic mass is 79.9. The first-order valence-corrected chi connectivity index (χ1v) is 6.98. The van der Waals surface area contributed by atoms with Gasteiger partial charge in [-0.1, -0.05) is 11.8 Å². The normalized spacial score (nSPS) is 17.2. The zero-order chi connectivity index (χ0) is 13.8. The second-order valence-electron chi connectivity index (χ2n) is 3.53. The smallest absolute Gasteiger partial charge is 0.236 e. The molecule has 1 aromatic carbocycles. The molecule has 2 N–H and O–H groups in total. The highest BCUT2D eigenvalue weighted by Crippen LogP contribution is 2.31. The summed E-state index contributed by atoms with van der Waals surface area (Å²) in [6.45, 7) is 0. The molecule has 1 aliphatic heterocycles. The van der Waals surface area contributed by atoms with Crippen molar-refractivity contribution < 1.29 is 14.6 Å². The van der Waals surface area contributed by atoms with Crippen LogP contribution in [-0.4, -0.2) is 35.3 Å². The first kappa shape index (κ1) is 13.9. The lowest BCUT2D eigenvalue weighted by Crippen LogP contribution is -2.19. The van der Waals surface area contributed by atoms with Gasteiger partial charge in [0.15, 0.2) is 16.7 Å². The van der Waals surface area contributed by atoms with E-state index in [9.17, 15) is 9.90 Å². The molecule has 1 fully saturated rings. The van der Waals surface area contributed by atoms with E-state index < -0.39 is 0 Å². The maximum Gasteiger partial charge on any atom is 0.236 e. The third-order valence-corrected chi connectivity index (χ3v) is 3.78. The lowest BCUT2D eigenvalue weighted by atomic mass is 10.2. The van der Waals surface area contributed by atoms with Crippen molar-refractivity contribution in [3.63, 3.8) is 0 Å². The first-order chi connectivity index (χ1) is 9.10. The Morgan fingerprint density at radius 2 is 2.37 bits per heavy atom. The molecule has 0 spiro atoms. The van der Waals surface area contributed by atoms with Gasteiger partial charge in [-0.2, -0.15) is 5.10 Å². The predicted molar refractivity (Wildman–Crippen MR) is 78.0 cm³/mol. The van der Waals surface area contributed by atoms with E-state index in [0.29, 0.717) is 26.7 Å². The van der Waals surface area contributed by atoms with Gasteiger partial charge in [0.2, 0.25) is 5.91 Å². The largest absolute Gasteiger partial charge is 0.504 e. The standard InChI is InChI=1S/C11H10BrN3O3S/c1-18-9-3-7(12)6(2-8(9)16)4-13-15-11-14-10(17)5-19-11/h2-4,16H,5H2,1H3,(H,14,15,17). The molecule has 1 amide bonds. The van der Waals surface area contributed by atoms with Gasteiger partial charge in [0.1, 0.15) is 0 Å². The minimum absolute atomic E-state index is 0.0170. The Morgan fingerprint density at radius 3 is 3.00 bits per heavy atom. The molecular formula is C11H10BrN3O3S. The lowest BCUT2D eigenvalue weighted by Gasteiger charge is -2.05. The third-order valence-electron chi connectivity index (χ3n) is 2.23. The number of aromatic hydroxyl groups is 1. The average Bonchev–Trinajstić information content (AvgIpc) is 2.79. The molecule has 1 saturated heterocycles. The van der Waals surface area contributed by atoms with E-state index in [1.165, 1.54) is 31.2 Å². The quantitative estimate of drug-likeness (QED) is 0.646. The van der Waals surface area contributed by atoms with E-state index in [4.69, 9.17) is 4.74 Å². The summed E-state index contributed by atoms with van der Waals surface area (Å²) < 4.78 is 5.69. The molecule has 0 saturated carbocycles. The number of hydrogen-bond acceptors (Lipinski definition) is 6. The van der Waals surface area contributed by atoms with Gasteiger partial charge in [-0.05, 0) is 28.1 Å². The van der Waals surface area contributed by atoms with Crippen molar-refractivity contribution in [1.29, 1.82) is 0 Å². The van der Waals surface area contributed by atoms with Crippen LogP contribution < -0.4 is 10.1 Å². The Kier molecular flexibility index (Phi) is 4.43. The van der Waals surface area contributed by atoms with Crippen LogP contribution >= 0.6 is 27.7 Å². The van der Waals surface area contributed by atoms with Gasteiger partial charge in [-0.25, -0.2) is 0 Å². The Balaban J connectivity index is 2.15. The number of nitrogens with one attached hydrogen (secondary N) is 1. The fourth-order valence-electron chi connectivity index (χ4n) is 1.34. The highest BCUT2D eigenvalue weighted by Gasteiger charge is 2.16. The molecule has 0 aromatic heterocycles. The van der Waals surface area contributed by atoms with Crippen molar-refractivity contribution in [1.82, 2.24) is 5.32 Å². The minimum Gasteiger partial charge on any atom is -0.504 e. The second-order valence-corrected chi connectivity index (χ2v) is 5.35. The van der Waals surface area contributed by atoms with Crippen molar-refractivity contribution in [2.45, 2.75) is 0 Å². The van der Waals surface area contributed by atoms with E-state index in [2.05, 4.69) is 31.4 Å². The summed E-state index contributed by atoms with van der Waals surface area (Å²) in [6, 6.07) is 3.14. The molecule has 1 aromatic rings. The Bertz CT molecular complexity index is 575. The number of carbonyl (C=O) groups excluding carboxylic acids is 1. The van der Waals surface area contributed by atoms with Crippen molar-refractivity contribution in [3.05, 3.63) is 22.2 Å². The van der Waals surface area contributed by atoms with Crippen molar-refractivity contribution in [2.75, 3.05) is 12.9 Å². The number of carbonyl (C=O) groups is 1. The summed E-state index contributed by atoms with van der Waals surface area (Å²) in [5, 5.41) is 20.4. The molecule has 8 heteroatoms. The number of phenols is 1. The molecule has 0 unspecified atom stereocenters. The Morgan fingerprint density at radius 1 is 1.58 bits per heavy atom. The molecule has 0 atom stereocenters. The zero-order valence-electron chi connectivity index (χ0n) is 9.88. The number of ether oxygens (including phenoxy) is 1. The van der Waals surface area contributed by atoms with Crippen LogP contribution in [0.3, 0.4) is 0 Å². The lowest BCUT2D eigenvalue weighted by molar-refractivity contribution is -0.116. The number of halogens is 1. The summed E-state index contributed by atoms with van der Waals surface area (Å²) in [5.41, 5.74) is 0.650. The topological polar surface area (TPSA) is 83.3 Å². The third kappa shape index (κ3) is 3.48. The zero-order valence-corrected chi connectivity index (χ0v) is 12.3. The summed E-state index contributed by atoms with van der Waals surface area (Å²) in [6.07, 6.45) is 1.47. The number of nitrogens with zero attached hydrogens (tertiary/aromatic N) is 2. The number of amidine groups is 1. The second kappa shape index (κ2) is 6.07. The Labute approximate surface area is 122 Å². The number of benzene rings is 1.